The van der Waals surface area contributed by atoms with Gasteiger partial charge in [0, 0.05) is 5.02 Å². The smallest absolute Gasteiger partial charge is 0.201 e. The van der Waals surface area contributed by atoms with Gasteiger partial charge in [0.25, 0.3) is 0 Å². The van der Waals surface area contributed by atoms with E-state index in [1.54, 1.807) is 0 Å². The quantitative estimate of drug-likeness (QED) is 0.773. The molecule has 0 fully saturated rings. The summed E-state index contributed by atoms with van der Waals surface area (Å²) in [6, 6.07) is 13.9. The van der Waals surface area contributed by atoms with E-state index in [2.05, 4.69) is 11.1 Å². The van der Waals surface area contributed by atoms with Crippen molar-refractivity contribution < 1.29 is 0 Å². The first kappa shape index (κ1) is 12.1. The molecule has 0 aliphatic rings. The molecule has 96 valence electrons. The normalized spacial score (nSPS) is 11.1. The molecule has 0 bridgehead atoms. The van der Waals surface area contributed by atoms with Crippen molar-refractivity contribution in [3.8, 4) is 0 Å². The third-order valence-corrected chi connectivity index (χ3v) is 3.59. The van der Waals surface area contributed by atoms with Gasteiger partial charge in [-0.3, -0.25) is 0 Å². The molecular weight excluding hydrogens is 258 g/mol. The van der Waals surface area contributed by atoms with Gasteiger partial charge in [0.1, 0.15) is 0 Å². The van der Waals surface area contributed by atoms with Gasteiger partial charge in [-0.1, -0.05) is 35.9 Å². The van der Waals surface area contributed by atoms with Crippen LogP contribution in [-0.2, 0) is 6.54 Å². The van der Waals surface area contributed by atoms with Crippen molar-refractivity contribution in [1.29, 1.82) is 0 Å². The summed E-state index contributed by atoms with van der Waals surface area (Å²) in [5, 5.41) is 0.746. The number of nitrogen functional groups attached to an aromatic ring is 1. The molecule has 3 nitrogen and oxygen atoms in total. The number of nitrogens with zero attached hydrogens (tertiary/aromatic N) is 2. The Morgan fingerprint density at radius 3 is 2.79 bits per heavy atom. The van der Waals surface area contributed by atoms with Crippen LogP contribution >= 0.6 is 11.6 Å². The third-order valence-electron chi connectivity index (χ3n) is 3.22. The average Bonchev–Trinajstić information content (AvgIpc) is 2.68. The molecule has 0 aliphatic carbocycles. The van der Waals surface area contributed by atoms with Crippen LogP contribution in [0.5, 0.6) is 0 Å². The SMILES string of the molecule is Cc1ccc2c(c1)nc(N)n2Cc1ccccc1Cl. The minimum atomic E-state index is 0.514. The van der Waals surface area contributed by atoms with Crippen molar-refractivity contribution in [1.82, 2.24) is 9.55 Å². The lowest BCUT2D eigenvalue weighted by atomic mass is 10.2. The molecule has 1 heterocycles. The molecule has 0 aliphatic heterocycles. The second-order valence-electron chi connectivity index (χ2n) is 4.64. The minimum absolute atomic E-state index is 0.514. The molecule has 0 saturated carbocycles. The number of hydrogen-bond acceptors (Lipinski definition) is 2. The molecule has 4 heteroatoms. The van der Waals surface area contributed by atoms with E-state index >= 15 is 0 Å². The fraction of sp³-hybridized carbons (Fsp3) is 0.133. The lowest BCUT2D eigenvalue weighted by molar-refractivity contribution is 0.838. The van der Waals surface area contributed by atoms with Gasteiger partial charge < -0.3 is 10.3 Å². The number of fused-ring (bicyclic) bond motifs is 1. The van der Waals surface area contributed by atoms with Crippen LogP contribution in [0.25, 0.3) is 11.0 Å². The van der Waals surface area contributed by atoms with E-state index in [1.165, 1.54) is 5.56 Å². The second kappa shape index (κ2) is 4.59. The van der Waals surface area contributed by atoms with Gasteiger partial charge in [0.05, 0.1) is 17.6 Å². The average molecular weight is 272 g/mol. The monoisotopic (exact) mass is 271 g/mol. The summed E-state index contributed by atoms with van der Waals surface area (Å²) in [6.07, 6.45) is 0. The highest BCUT2D eigenvalue weighted by Gasteiger charge is 2.09. The predicted molar refractivity (Wildman–Crippen MR) is 79.4 cm³/mol. The zero-order chi connectivity index (χ0) is 13.4. The van der Waals surface area contributed by atoms with Crippen molar-refractivity contribution in [3.05, 3.63) is 58.6 Å². The van der Waals surface area contributed by atoms with Crippen LogP contribution in [0.3, 0.4) is 0 Å². The van der Waals surface area contributed by atoms with Crippen molar-refractivity contribution >= 4 is 28.6 Å². The number of benzene rings is 2. The van der Waals surface area contributed by atoms with E-state index in [9.17, 15) is 0 Å². The fourth-order valence-electron chi connectivity index (χ4n) is 2.22. The molecule has 19 heavy (non-hydrogen) atoms. The number of aryl methyl sites for hydroxylation is 1. The van der Waals surface area contributed by atoms with Gasteiger partial charge >= 0.3 is 0 Å². The van der Waals surface area contributed by atoms with Crippen molar-refractivity contribution in [2.24, 2.45) is 0 Å². The van der Waals surface area contributed by atoms with Crippen LogP contribution in [0.2, 0.25) is 5.02 Å². The largest absolute Gasteiger partial charge is 0.369 e. The second-order valence-corrected chi connectivity index (χ2v) is 5.05. The van der Waals surface area contributed by atoms with E-state index < -0.39 is 0 Å². The number of rotatable bonds is 2. The molecule has 3 aromatic rings. The number of hydrogen-bond donors (Lipinski definition) is 1. The van der Waals surface area contributed by atoms with Gasteiger partial charge in [0.15, 0.2) is 0 Å². The lowest BCUT2D eigenvalue weighted by Gasteiger charge is -2.08. The summed E-state index contributed by atoms with van der Waals surface area (Å²) >= 11 is 6.20. The Bertz CT molecular complexity index is 746. The van der Waals surface area contributed by atoms with Gasteiger partial charge in [-0.2, -0.15) is 0 Å². The molecule has 0 unspecified atom stereocenters. The Kier molecular flexibility index (Phi) is 2.91. The number of imidazole rings is 1. The number of halogens is 1. The summed E-state index contributed by atoms with van der Waals surface area (Å²) in [7, 11) is 0. The highest BCUT2D eigenvalue weighted by molar-refractivity contribution is 6.31. The summed E-state index contributed by atoms with van der Waals surface area (Å²) in [4.78, 5) is 4.40. The van der Waals surface area contributed by atoms with Crippen LogP contribution in [-0.4, -0.2) is 9.55 Å². The maximum Gasteiger partial charge on any atom is 0.201 e. The van der Waals surface area contributed by atoms with E-state index in [1.807, 2.05) is 47.9 Å². The molecule has 3 rings (SSSR count). The van der Waals surface area contributed by atoms with E-state index in [4.69, 9.17) is 17.3 Å². The Labute approximate surface area is 116 Å². The van der Waals surface area contributed by atoms with E-state index in [0.717, 1.165) is 21.6 Å². The summed E-state index contributed by atoms with van der Waals surface area (Å²) in [5.74, 6) is 0.514. The Hall–Kier alpha value is -2.00. The molecule has 2 aromatic carbocycles. The highest BCUT2D eigenvalue weighted by Crippen LogP contribution is 2.23. The summed E-state index contributed by atoms with van der Waals surface area (Å²) in [5.41, 5.74) is 10.2. The van der Waals surface area contributed by atoms with Gasteiger partial charge in [-0.15, -0.1) is 0 Å². The molecule has 0 radical (unpaired) electrons. The van der Waals surface area contributed by atoms with Crippen LogP contribution in [0, 0.1) is 6.92 Å². The maximum atomic E-state index is 6.20. The highest BCUT2D eigenvalue weighted by atomic mass is 35.5. The number of nitrogens with two attached hydrogens (primary N) is 1. The van der Waals surface area contributed by atoms with Crippen molar-refractivity contribution in [3.63, 3.8) is 0 Å². The lowest BCUT2D eigenvalue weighted by Crippen LogP contribution is -2.04. The van der Waals surface area contributed by atoms with Gasteiger partial charge in [-0.05, 0) is 36.2 Å². The standard InChI is InChI=1S/C15H14ClN3/c1-10-6-7-14-13(8-10)18-15(17)19(14)9-11-4-2-3-5-12(11)16/h2-8H,9H2,1H3,(H2,17,18). The first-order chi connectivity index (χ1) is 9.15. The van der Waals surface area contributed by atoms with E-state index in [0.29, 0.717) is 12.5 Å². The van der Waals surface area contributed by atoms with Crippen molar-refractivity contribution in [2.75, 3.05) is 5.73 Å². The fourth-order valence-corrected chi connectivity index (χ4v) is 2.42. The van der Waals surface area contributed by atoms with Crippen LogP contribution in [0.15, 0.2) is 42.5 Å². The number of anilines is 1. The first-order valence-corrected chi connectivity index (χ1v) is 6.49. The molecule has 0 saturated heterocycles. The maximum absolute atomic E-state index is 6.20. The first-order valence-electron chi connectivity index (χ1n) is 6.11. The van der Waals surface area contributed by atoms with E-state index in [-0.39, 0.29) is 0 Å². The molecule has 1 aromatic heterocycles. The van der Waals surface area contributed by atoms with Crippen LogP contribution < -0.4 is 5.73 Å². The Morgan fingerprint density at radius 2 is 2.00 bits per heavy atom. The zero-order valence-electron chi connectivity index (χ0n) is 10.6. The van der Waals surface area contributed by atoms with Crippen molar-refractivity contribution in [2.45, 2.75) is 13.5 Å². The van der Waals surface area contributed by atoms with Crippen LogP contribution in [0.1, 0.15) is 11.1 Å². The molecule has 0 spiro atoms. The predicted octanol–water partition coefficient (Wildman–Crippen LogP) is 3.63. The molecule has 2 N–H and O–H groups in total. The molecule has 0 atom stereocenters. The van der Waals surface area contributed by atoms with Gasteiger partial charge in [-0.25, -0.2) is 4.98 Å². The summed E-state index contributed by atoms with van der Waals surface area (Å²) in [6.45, 7) is 2.67. The third kappa shape index (κ3) is 2.17. The minimum Gasteiger partial charge on any atom is -0.369 e. The van der Waals surface area contributed by atoms with Crippen LogP contribution in [0.4, 0.5) is 5.95 Å². The Balaban J connectivity index is 2.10. The topological polar surface area (TPSA) is 43.8 Å². The molecule has 0 amide bonds. The number of aromatic nitrogens is 2. The Morgan fingerprint density at radius 1 is 1.21 bits per heavy atom. The van der Waals surface area contributed by atoms with Gasteiger partial charge in [0.2, 0.25) is 5.95 Å². The summed E-state index contributed by atoms with van der Waals surface area (Å²) < 4.78 is 1.98. The molecular formula is C15H14ClN3. The zero-order valence-corrected chi connectivity index (χ0v) is 11.4.